The third-order valence-electron chi connectivity index (χ3n) is 3.34. The van der Waals surface area contributed by atoms with Crippen molar-refractivity contribution in [2.45, 2.75) is 51.0 Å². The Balaban J connectivity index is 2.01. The number of ether oxygens (including phenoxy) is 1. The summed E-state index contributed by atoms with van der Waals surface area (Å²) in [6.45, 7) is 5.91. The van der Waals surface area contributed by atoms with Crippen molar-refractivity contribution in [3.63, 3.8) is 0 Å². The first kappa shape index (κ1) is 18.5. The van der Waals surface area contributed by atoms with Gasteiger partial charge in [0.25, 0.3) is 0 Å². The second kappa shape index (κ2) is 6.94. The molecule has 1 aromatic rings. The summed E-state index contributed by atoms with van der Waals surface area (Å²) < 4.78 is 30.4. The summed E-state index contributed by atoms with van der Waals surface area (Å²) in [6.07, 6.45) is 2.48. The molecule has 2 rings (SSSR count). The number of nitrogens with zero attached hydrogens (tertiary/aromatic N) is 2. The number of hydrogen-bond acceptors (Lipinski definition) is 6. The first-order chi connectivity index (χ1) is 10.6. The highest BCUT2D eigenvalue weighted by Gasteiger charge is 2.35. The zero-order chi connectivity index (χ0) is 17.3. The largest absolute Gasteiger partial charge is 0.444 e. The first-order valence-corrected chi connectivity index (χ1v) is 10.4. The molecule has 0 N–H and O–H groups in total. The maximum absolute atomic E-state index is 12.4. The van der Waals surface area contributed by atoms with Gasteiger partial charge in [0.05, 0.1) is 11.5 Å². The number of rotatable bonds is 4. The highest BCUT2D eigenvalue weighted by molar-refractivity contribution is 7.90. The molecule has 0 unspecified atom stereocenters. The third kappa shape index (κ3) is 5.61. The number of carbonyl (C=O) groups is 1. The lowest BCUT2D eigenvalue weighted by Crippen LogP contribution is -2.42. The van der Waals surface area contributed by atoms with Crippen LogP contribution in [0.4, 0.5) is 4.79 Å². The average molecular weight is 381 g/mol. The molecule has 0 aromatic carbocycles. The van der Waals surface area contributed by atoms with Crippen molar-refractivity contribution in [1.29, 1.82) is 0 Å². The molecule has 1 amide bonds. The lowest BCUT2D eigenvalue weighted by Gasteiger charge is -2.28. The molecule has 9 heteroatoms. The summed E-state index contributed by atoms with van der Waals surface area (Å²) >= 11 is 6.89. The van der Waals surface area contributed by atoms with Crippen LogP contribution in [0.2, 0.25) is 4.47 Å². The fraction of sp³-hybridized carbons (Fsp3) is 0.714. The molecule has 1 saturated heterocycles. The van der Waals surface area contributed by atoms with Crippen molar-refractivity contribution in [3.8, 4) is 0 Å². The topological polar surface area (TPSA) is 76.6 Å². The minimum Gasteiger partial charge on any atom is -0.444 e. The summed E-state index contributed by atoms with van der Waals surface area (Å²) in [5, 5.41) is 0. The van der Waals surface area contributed by atoms with Crippen LogP contribution in [-0.2, 0) is 20.3 Å². The third-order valence-corrected chi connectivity index (χ3v) is 6.28. The predicted octanol–water partition coefficient (Wildman–Crippen LogP) is 3.11. The predicted molar refractivity (Wildman–Crippen MR) is 90.6 cm³/mol. The van der Waals surface area contributed by atoms with Gasteiger partial charge in [-0.3, -0.25) is 0 Å². The van der Waals surface area contributed by atoms with Crippen LogP contribution in [0.5, 0.6) is 0 Å². The SMILES string of the molecule is CC(C)(C)OC(=O)N1CCC[C@@H]1CS(=O)(=O)Cc1cnc(Cl)s1. The molecule has 2 heterocycles. The summed E-state index contributed by atoms with van der Waals surface area (Å²) in [5.41, 5.74) is -0.595. The van der Waals surface area contributed by atoms with Crippen LogP contribution in [-0.4, -0.2) is 48.3 Å². The highest BCUT2D eigenvalue weighted by Crippen LogP contribution is 2.25. The zero-order valence-corrected chi connectivity index (χ0v) is 15.8. The van der Waals surface area contributed by atoms with Crippen LogP contribution in [0.15, 0.2) is 6.20 Å². The van der Waals surface area contributed by atoms with Gasteiger partial charge in [-0.2, -0.15) is 0 Å². The summed E-state index contributed by atoms with van der Waals surface area (Å²) in [7, 11) is -3.35. The quantitative estimate of drug-likeness (QED) is 0.802. The van der Waals surface area contributed by atoms with E-state index in [-0.39, 0.29) is 17.5 Å². The molecule has 0 aliphatic carbocycles. The Hall–Kier alpha value is -0.860. The van der Waals surface area contributed by atoms with Crippen LogP contribution in [0, 0.1) is 0 Å². The number of hydrogen-bond donors (Lipinski definition) is 0. The van der Waals surface area contributed by atoms with Crippen molar-refractivity contribution >= 4 is 38.9 Å². The van der Waals surface area contributed by atoms with Gasteiger partial charge in [0.1, 0.15) is 5.60 Å². The Morgan fingerprint density at radius 1 is 1.52 bits per heavy atom. The molecule has 130 valence electrons. The monoisotopic (exact) mass is 380 g/mol. The van der Waals surface area contributed by atoms with E-state index in [1.54, 1.807) is 20.8 Å². The molecule has 1 atom stereocenters. The van der Waals surface area contributed by atoms with Crippen molar-refractivity contribution in [2.24, 2.45) is 0 Å². The molecule has 1 aliphatic heterocycles. The molecule has 1 fully saturated rings. The molecule has 0 saturated carbocycles. The van der Waals surface area contributed by atoms with Gasteiger partial charge in [-0.1, -0.05) is 11.6 Å². The summed E-state index contributed by atoms with van der Waals surface area (Å²) in [6, 6.07) is -0.335. The van der Waals surface area contributed by atoms with Crippen molar-refractivity contribution in [3.05, 3.63) is 15.5 Å². The van der Waals surface area contributed by atoms with E-state index in [0.717, 1.165) is 17.8 Å². The highest BCUT2D eigenvalue weighted by atomic mass is 35.5. The van der Waals surface area contributed by atoms with E-state index in [4.69, 9.17) is 16.3 Å². The second-order valence-corrected chi connectivity index (χ2v) is 10.4. The Morgan fingerprint density at radius 3 is 2.78 bits per heavy atom. The van der Waals surface area contributed by atoms with Crippen molar-refractivity contribution in [2.75, 3.05) is 12.3 Å². The molecule has 0 bridgehead atoms. The zero-order valence-electron chi connectivity index (χ0n) is 13.4. The average Bonchev–Trinajstić information content (AvgIpc) is 2.95. The van der Waals surface area contributed by atoms with Gasteiger partial charge in [-0.05, 0) is 33.6 Å². The Bertz CT molecular complexity index is 667. The minimum absolute atomic E-state index is 0.0677. The number of halogens is 1. The second-order valence-electron chi connectivity index (χ2n) is 6.60. The molecule has 1 aliphatic rings. The molecule has 6 nitrogen and oxygen atoms in total. The van der Waals surface area contributed by atoms with Crippen molar-refractivity contribution < 1.29 is 17.9 Å². The van der Waals surface area contributed by atoms with Crippen LogP contribution in [0.25, 0.3) is 0 Å². The molecule has 1 aromatic heterocycles. The van der Waals surface area contributed by atoms with E-state index >= 15 is 0 Å². The van der Waals surface area contributed by atoms with E-state index < -0.39 is 21.5 Å². The van der Waals surface area contributed by atoms with E-state index in [0.29, 0.717) is 22.3 Å². The fourth-order valence-electron chi connectivity index (χ4n) is 2.49. The van der Waals surface area contributed by atoms with Gasteiger partial charge < -0.3 is 9.64 Å². The molecule has 23 heavy (non-hydrogen) atoms. The minimum atomic E-state index is -3.35. The normalized spacial score (nSPS) is 19.1. The number of amides is 1. The lowest BCUT2D eigenvalue weighted by molar-refractivity contribution is 0.0241. The van der Waals surface area contributed by atoms with Crippen LogP contribution >= 0.6 is 22.9 Å². The standard InChI is InChI=1S/C14H21ClN2O4S2/c1-14(2,3)21-13(18)17-6-4-5-10(17)8-23(19,20)9-11-7-16-12(15)22-11/h7,10H,4-6,8-9H2,1-3H3/t10-/m1/s1. The number of likely N-dealkylation sites (tertiary alicyclic amines) is 1. The number of aromatic nitrogens is 1. The van der Waals surface area contributed by atoms with Crippen LogP contribution < -0.4 is 0 Å². The summed E-state index contributed by atoms with van der Waals surface area (Å²) in [5.74, 6) is -0.169. The molecule has 0 radical (unpaired) electrons. The first-order valence-electron chi connectivity index (χ1n) is 7.36. The van der Waals surface area contributed by atoms with Crippen LogP contribution in [0.1, 0.15) is 38.5 Å². The lowest BCUT2D eigenvalue weighted by atomic mass is 10.2. The number of sulfone groups is 1. The Morgan fingerprint density at radius 2 is 2.22 bits per heavy atom. The van der Waals surface area contributed by atoms with Gasteiger partial charge in [0, 0.05) is 23.7 Å². The number of carbonyl (C=O) groups excluding carboxylic acids is 1. The van der Waals surface area contributed by atoms with E-state index in [1.807, 2.05) is 0 Å². The van der Waals surface area contributed by atoms with Gasteiger partial charge in [-0.25, -0.2) is 18.2 Å². The van der Waals surface area contributed by atoms with E-state index in [2.05, 4.69) is 4.98 Å². The van der Waals surface area contributed by atoms with E-state index in [1.165, 1.54) is 11.1 Å². The number of thiazole rings is 1. The van der Waals surface area contributed by atoms with Gasteiger partial charge in [-0.15, -0.1) is 11.3 Å². The molecular weight excluding hydrogens is 360 g/mol. The maximum Gasteiger partial charge on any atom is 0.410 e. The Kier molecular flexibility index (Phi) is 5.58. The van der Waals surface area contributed by atoms with Gasteiger partial charge in [0.15, 0.2) is 14.3 Å². The summed E-state index contributed by atoms with van der Waals surface area (Å²) in [4.78, 5) is 18.2. The van der Waals surface area contributed by atoms with Gasteiger partial charge >= 0.3 is 6.09 Å². The van der Waals surface area contributed by atoms with Crippen LogP contribution in [0.3, 0.4) is 0 Å². The van der Waals surface area contributed by atoms with Crippen molar-refractivity contribution in [1.82, 2.24) is 9.88 Å². The smallest absolute Gasteiger partial charge is 0.410 e. The van der Waals surface area contributed by atoms with Gasteiger partial charge in [0.2, 0.25) is 0 Å². The Labute approximate surface area is 145 Å². The maximum atomic E-state index is 12.4. The fourth-order valence-corrected chi connectivity index (χ4v) is 5.60. The van der Waals surface area contributed by atoms with E-state index in [9.17, 15) is 13.2 Å². The molecule has 0 spiro atoms. The molecular formula is C14H21ClN2O4S2.